The highest BCUT2D eigenvalue weighted by atomic mass is 16.5. The van der Waals surface area contributed by atoms with E-state index in [0.29, 0.717) is 12.0 Å². The zero-order valence-corrected chi connectivity index (χ0v) is 93.6. The van der Waals surface area contributed by atoms with E-state index < -0.39 is 6.37 Å². The topological polar surface area (TPSA) is 65.5 Å². The number of aromatic nitrogens is 5. The third-order valence-electron chi connectivity index (χ3n) is 35.2. The van der Waals surface area contributed by atoms with E-state index in [1.54, 1.807) is 0 Å². The largest absolute Gasteiger partial charge is 0.487 e. The van der Waals surface area contributed by atoms with Crippen LogP contribution in [0.25, 0.3) is 112 Å². The van der Waals surface area contributed by atoms with Gasteiger partial charge in [0.05, 0.1) is 27.8 Å². The van der Waals surface area contributed by atoms with Crippen LogP contribution in [0.5, 0.6) is 28.7 Å². The summed E-state index contributed by atoms with van der Waals surface area (Å²) in [6.07, 6.45) is 39.7. The Kier molecular flexibility index (Phi) is 28.8. The van der Waals surface area contributed by atoms with Gasteiger partial charge in [-0.3, -0.25) is 0 Å². The van der Waals surface area contributed by atoms with E-state index in [0.717, 1.165) is 109 Å². The standard InChI is InChI=1S/C30H36NO.C29H34NO.2C28H32NO.C25H28NO/c1-21-9-12-23(13-10-21)24-15-18-31(5)26(19-24)27-22(2)11-14-25-28(27)32-30(20-29(25,3)4)16-7-6-8-17-30;1-20-9-12-22(13-10-20)23-15-18-30(5)25(19-23)26-21(2)11-14-24-27(26)31-28(3,4)29(24)16-7-6-8-17-29;2*1-20-7-10-22(11-8-20)24-14-18-29(3)25(19-24)26-21(2)9-12-23-13-17-28(30-27(23)26)15-5-4-6-16-28;1-17-6-9-19(10-7-17)21-13-15-26(5)22(16-21)23-18(2)8-11-20-12-14-25(3,4)27-24(20)23/h9-15,18-19H,6-8,16-17,20H2,1-5H3;9-15,18-19H,6-8,16-17H2,1-5H3;2*7-12,14,18-19H,4-6,13,15-17H2,1-3H3;6-11,13,15-16H,12,14H2,1-5H3/q5*+1/i;;13D2;;. The molecule has 4 fully saturated rings. The maximum atomic E-state index is 8.93. The van der Waals surface area contributed by atoms with Crippen molar-refractivity contribution in [2.24, 2.45) is 35.2 Å². The summed E-state index contributed by atoms with van der Waals surface area (Å²) >= 11 is 0. The quantitative estimate of drug-likeness (QED) is 0.128. The summed E-state index contributed by atoms with van der Waals surface area (Å²) in [4.78, 5) is 0. The number of ether oxygens (including phenoxy) is 5. The third-order valence-corrected chi connectivity index (χ3v) is 35.2. The van der Waals surface area contributed by atoms with Crippen LogP contribution >= 0.6 is 0 Å². The molecule has 4 aliphatic carbocycles. The van der Waals surface area contributed by atoms with Crippen molar-refractivity contribution >= 4 is 0 Å². The zero-order chi connectivity index (χ0) is 107. The van der Waals surface area contributed by atoms with Gasteiger partial charge in [-0.1, -0.05) is 262 Å². The molecule has 0 saturated heterocycles. The molecule has 0 radical (unpaired) electrons. The summed E-state index contributed by atoms with van der Waals surface area (Å²) in [5.41, 5.74) is 42.7. The van der Waals surface area contributed by atoms with Crippen LogP contribution in [-0.4, -0.2) is 28.0 Å². The van der Waals surface area contributed by atoms with Crippen LogP contribution in [-0.2, 0) is 65.3 Å². The minimum absolute atomic E-state index is 0.00949. The summed E-state index contributed by atoms with van der Waals surface area (Å²) in [5.74, 6) is 5.19. The number of rotatable bonds is 10. The van der Waals surface area contributed by atoms with E-state index >= 15 is 0 Å². The van der Waals surface area contributed by atoms with E-state index in [1.807, 2.05) is 12.1 Å². The number of aryl methyl sites for hydroxylation is 18. The molecule has 4 saturated carbocycles. The predicted molar refractivity (Wildman–Crippen MR) is 616 cm³/mol. The Labute approximate surface area is 899 Å². The van der Waals surface area contributed by atoms with Crippen molar-refractivity contribution in [1.82, 2.24) is 0 Å². The van der Waals surface area contributed by atoms with Gasteiger partial charge < -0.3 is 23.7 Å². The number of fused-ring (bicyclic) bond motifs is 6. The van der Waals surface area contributed by atoms with Crippen molar-refractivity contribution in [2.45, 2.75) is 323 Å². The Morgan fingerprint density at radius 3 is 0.847 bits per heavy atom. The van der Waals surface area contributed by atoms with E-state index in [-0.39, 0.29) is 38.8 Å². The van der Waals surface area contributed by atoms with Crippen LogP contribution in [0.3, 0.4) is 0 Å². The maximum Gasteiger partial charge on any atom is 0.216 e. The number of nitrogens with zero attached hydrogens (tertiary/aromatic N) is 5. The van der Waals surface area contributed by atoms with Gasteiger partial charge in [0.2, 0.25) is 28.5 Å². The predicted octanol–water partition coefficient (Wildman–Crippen LogP) is 32.6. The van der Waals surface area contributed by atoms with Crippen molar-refractivity contribution in [3.63, 3.8) is 0 Å². The Hall–Kier alpha value is -13.1. The fourth-order valence-corrected chi connectivity index (χ4v) is 26.1. The van der Waals surface area contributed by atoms with Gasteiger partial charge in [-0.15, -0.1) is 0 Å². The molecule has 10 nitrogen and oxygen atoms in total. The van der Waals surface area contributed by atoms with E-state index in [2.05, 4.69) is 430 Å². The second-order valence-corrected chi connectivity index (χ2v) is 47.9. The van der Waals surface area contributed by atoms with Crippen LogP contribution < -0.4 is 46.5 Å². The van der Waals surface area contributed by atoms with Crippen molar-refractivity contribution in [3.8, 4) is 141 Å². The van der Waals surface area contributed by atoms with Gasteiger partial charge in [0.15, 0.2) is 31.0 Å². The van der Waals surface area contributed by atoms with Crippen LogP contribution in [0.15, 0.2) is 274 Å². The van der Waals surface area contributed by atoms with Crippen LogP contribution in [0.1, 0.15) is 282 Å². The summed E-state index contributed by atoms with van der Waals surface area (Å²) < 4.78 is 63.1. The van der Waals surface area contributed by atoms with Gasteiger partial charge in [-0.2, -0.15) is 0 Å². The highest BCUT2D eigenvalue weighted by Crippen LogP contribution is 2.61. The Morgan fingerprint density at radius 2 is 0.500 bits per heavy atom. The Bertz CT molecular complexity index is 7430. The summed E-state index contributed by atoms with van der Waals surface area (Å²) in [5, 5.41) is 0. The fraction of sp³-hybridized carbons (Fsp3) is 0.393. The normalized spacial score (nSPS) is 18.1. The smallest absolute Gasteiger partial charge is 0.216 e. The number of pyridine rings is 5. The van der Waals surface area contributed by atoms with Gasteiger partial charge in [0, 0.05) is 79.9 Å². The first-order valence-corrected chi connectivity index (χ1v) is 56.3. The third kappa shape index (κ3) is 21.3. The molecule has 15 aromatic rings. The van der Waals surface area contributed by atoms with Gasteiger partial charge >= 0.3 is 0 Å². The van der Waals surface area contributed by atoms with Gasteiger partial charge in [-0.05, 0) is 337 Å². The molecule has 10 heterocycles. The van der Waals surface area contributed by atoms with Crippen LogP contribution in [0, 0.1) is 69.2 Å². The monoisotopic (exact) mass is 2000 g/mol. The molecule has 9 aliphatic rings. The van der Waals surface area contributed by atoms with Crippen molar-refractivity contribution in [1.29, 1.82) is 0 Å². The first kappa shape index (κ1) is 101. The molecule has 0 atom stereocenters. The highest BCUT2D eigenvalue weighted by molar-refractivity contribution is 5.83. The summed E-state index contributed by atoms with van der Waals surface area (Å²) in [6, 6.07) is 88.5. The lowest BCUT2D eigenvalue weighted by atomic mass is 9.62. The van der Waals surface area contributed by atoms with Crippen molar-refractivity contribution < 1.29 is 49.3 Å². The van der Waals surface area contributed by atoms with Gasteiger partial charge in [-0.25, -0.2) is 22.8 Å². The molecule has 0 N–H and O–H groups in total. The van der Waals surface area contributed by atoms with Crippen LogP contribution in [0.4, 0.5) is 0 Å². The van der Waals surface area contributed by atoms with Crippen LogP contribution in [0.2, 0.25) is 0 Å². The van der Waals surface area contributed by atoms with Crippen molar-refractivity contribution in [3.05, 3.63) is 357 Å². The average Bonchev–Trinajstić information content (AvgIpc) is 1.56. The molecule has 5 aromatic heterocycles. The number of hydrogen-bond donors (Lipinski definition) is 0. The van der Waals surface area contributed by atoms with E-state index in [9.17, 15) is 0 Å². The first-order chi connectivity index (χ1) is 72.8. The molecular weight excluding hydrogens is 1830 g/mol. The average molecular weight is 2000 g/mol. The second kappa shape index (κ2) is 42.6. The lowest BCUT2D eigenvalue weighted by Crippen LogP contribution is -2.47. The molecule has 772 valence electrons. The molecule has 10 aromatic carbocycles. The summed E-state index contributed by atoms with van der Waals surface area (Å²) in [7, 11) is 10.6. The van der Waals surface area contributed by atoms with Gasteiger partial charge in [0.25, 0.3) is 0 Å². The second-order valence-electron chi connectivity index (χ2n) is 47.9. The number of benzene rings is 10. The van der Waals surface area contributed by atoms with E-state index in [4.69, 9.17) is 26.4 Å². The molecule has 0 bridgehead atoms. The molecule has 0 amide bonds. The van der Waals surface area contributed by atoms with Gasteiger partial charge in [0.1, 0.15) is 92.0 Å². The maximum absolute atomic E-state index is 8.93. The highest BCUT2D eigenvalue weighted by Gasteiger charge is 2.56. The van der Waals surface area contributed by atoms with Crippen molar-refractivity contribution in [2.75, 3.05) is 0 Å². The minimum atomic E-state index is -1.39. The molecular formula is C140H162N5O5+5. The number of hydrogen-bond acceptors (Lipinski definition) is 5. The Morgan fingerprint density at radius 1 is 0.233 bits per heavy atom. The molecule has 5 aliphatic heterocycles. The minimum Gasteiger partial charge on any atom is -0.487 e. The molecule has 150 heavy (non-hydrogen) atoms. The SMILES string of the molecule is Cc1ccc(-c2cc[n+](C)c(-c3c(C)ccc4c3OC(C)(C)C43CCCCC3)c2)cc1.Cc1ccc(-c2cc[n+](C)c(-c3c(C)ccc4c3OC(C)(C)CC4)c2)cc1.Cc1ccc(-c2cc[n+](C)c(-c3c(C)ccc4c3OC3(CCCCC3)CC4(C)C)c2)cc1.Cc1ccc(-c2cc[n+](C)c(-c3c(C)ccc4c3OC3(CCCCC3)CC4)c2)cc1.[2H]C1([2H])CC2(CCCCC2)Oc2c1ccc(C)c2-c1cc(-c2ccc(C)cc2)cc[n+]1C. The summed E-state index contributed by atoms with van der Waals surface area (Å²) in [6.45, 7) is 35.4. The Balaban J connectivity index is 0.000000115. The molecule has 0 unspecified atom stereocenters. The fourth-order valence-electron chi connectivity index (χ4n) is 26.1. The lowest BCUT2D eigenvalue weighted by Gasteiger charge is -2.48. The zero-order valence-electron chi connectivity index (χ0n) is 95.6. The molecule has 24 rings (SSSR count). The van der Waals surface area contributed by atoms with E-state index in [1.165, 1.54) is 270 Å². The molecule has 4 spiro atoms. The first-order valence-electron chi connectivity index (χ1n) is 57.3. The lowest BCUT2D eigenvalue weighted by molar-refractivity contribution is -0.660. The molecule has 10 heteroatoms.